The van der Waals surface area contributed by atoms with Gasteiger partial charge in [-0.05, 0) is 33.1 Å². The van der Waals surface area contributed by atoms with Gasteiger partial charge in [0.1, 0.15) is 12.2 Å². The molecule has 0 spiro atoms. The van der Waals surface area contributed by atoms with E-state index in [0.29, 0.717) is 32.8 Å². The molecule has 2 bridgehead atoms. The van der Waals surface area contributed by atoms with Crippen LogP contribution in [0.25, 0.3) is 0 Å². The Balaban J connectivity index is 1.59. The topological polar surface area (TPSA) is 324 Å². The Morgan fingerprint density at radius 2 is 1.32 bits per heavy atom. The summed E-state index contributed by atoms with van der Waals surface area (Å²) in [6.45, 7) is 10.0. The molecule has 0 radical (unpaired) electrons. The number of nitrogens with one attached hydrogen (secondary N) is 1. The predicted octanol–water partition coefficient (Wildman–Crippen LogP) is 0.0755. The summed E-state index contributed by atoms with van der Waals surface area (Å²) in [5.74, 6) is -5.57. The van der Waals surface area contributed by atoms with Gasteiger partial charge in [-0.25, -0.2) is 0 Å². The maximum Gasteiger partial charge on any atom is 0.308 e. The van der Waals surface area contributed by atoms with E-state index in [-0.39, 0.29) is 38.1 Å². The molecule has 4 aliphatic rings. The number of allylic oxidation sites excluding steroid dienone is 12. The van der Waals surface area contributed by atoms with Gasteiger partial charge in [-0.2, -0.15) is 0 Å². The molecule has 4 aliphatic heterocycles. The van der Waals surface area contributed by atoms with Gasteiger partial charge in [0.25, 0.3) is 0 Å². The number of carbonyl (C=O) groups excluding carboxylic acids is 2. The van der Waals surface area contributed by atoms with Crippen molar-refractivity contribution >= 4 is 11.9 Å². The second-order valence-electron chi connectivity index (χ2n) is 20.0. The highest BCUT2D eigenvalue weighted by molar-refractivity contribution is 5.80. The molecule has 0 aromatic carbocycles. The van der Waals surface area contributed by atoms with Gasteiger partial charge in [0.15, 0.2) is 12.1 Å². The molecule has 0 aromatic heterocycles. The molecular formula is C53H85N3O17. The van der Waals surface area contributed by atoms with Crippen molar-refractivity contribution in [3.63, 3.8) is 0 Å². The number of cyclic esters (lactones) is 1. The minimum atomic E-state index is -2.27. The molecule has 73 heavy (non-hydrogen) atoms. The van der Waals surface area contributed by atoms with E-state index in [9.17, 15) is 60.7 Å². The molecule has 0 saturated carbocycles. The molecule has 0 unspecified atom stereocenters. The number of morpholine rings is 1. The van der Waals surface area contributed by atoms with Crippen LogP contribution in [0.1, 0.15) is 79.1 Å². The molecule has 0 aliphatic carbocycles. The van der Waals surface area contributed by atoms with Crippen molar-refractivity contribution in [1.29, 1.82) is 0 Å². The fourth-order valence-electron chi connectivity index (χ4n) is 9.27. The van der Waals surface area contributed by atoms with E-state index >= 15 is 0 Å². The van der Waals surface area contributed by atoms with Crippen LogP contribution in [0.15, 0.2) is 85.1 Å². The number of ether oxygens (including phenoxy) is 5. The first-order valence-electron chi connectivity index (χ1n) is 25.7. The van der Waals surface area contributed by atoms with E-state index < -0.39 is 147 Å². The number of hydrogen-bond donors (Lipinski definition) is 12. The summed E-state index contributed by atoms with van der Waals surface area (Å²) < 4.78 is 29.3. The van der Waals surface area contributed by atoms with Gasteiger partial charge in [0, 0.05) is 63.7 Å². The van der Waals surface area contributed by atoms with Gasteiger partial charge < -0.3 is 85.8 Å². The van der Waals surface area contributed by atoms with Crippen LogP contribution in [0.2, 0.25) is 0 Å². The highest BCUT2D eigenvalue weighted by Crippen LogP contribution is 2.38. The Kier molecular flexibility index (Phi) is 26.8. The van der Waals surface area contributed by atoms with Crippen LogP contribution in [0.3, 0.4) is 0 Å². The Bertz CT molecular complexity index is 1860. The minimum Gasteiger partial charge on any atom is -0.462 e. The summed E-state index contributed by atoms with van der Waals surface area (Å²) in [6.07, 6.45) is 4.85. The molecule has 4 rings (SSSR count). The zero-order valence-electron chi connectivity index (χ0n) is 42.7. The minimum absolute atomic E-state index is 0.0939. The predicted molar refractivity (Wildman–Crippen MR) is 270 cm³/mol. The van der Waals surface area contributed by atoms with Gasteiger partial charge in [-0.3, -0.25) is 14.5 Å². The number of rotatable bonds is 6. The Morgan fingerprint density at radius 1 is 0.712 bits per heavy atom. The average molecular weight is 1040 g/mol. The van der Waals surface area contributed by atoms with Crippen molar-refractivity contribution in [3.05, 3.63) is 85.1 Å². The van der Waals surface area contributed by atoms with Crippen LogP contribution in [0.5, 0.6) is 0 Å². The number of nitrogens with two attached hydrogens (primary N) is 1. The van der Waals surface area contributed by atoms with E-state index in [1.807, 2.05) is 49.5 Å². The average Bonchev–Trinajstić information content (AvgIpc) is 3.33. The maximum atomic E-state index is 14.0. The molecule has 20 heteroatoms. The summed E-state index contributed by atoms with van der Waals surface area (Å²) in [5.41, 5.74) is 6.13. The fourth-order valence-corrected chi connectivity index (χ4v) is 9.27. The van der Waals surface area contributed by atoms with Gasteiger partial charge in [0.05, 0.1) is 98.7 Å². The Labute approximate surface area is 429 Å². The number of carbonyl (C=O) groups is 2. The van der Waals surface area contributed by atoms with Crippen molar-refractivity contribution in [3.8, 4) is 0 Å². The van der Waals surface area contributed by atoms with Gasteiger partial charge in [-0.15, -0.1) is 0 Å². The zero-order valence-corrected chi connectivity index (χ0v) is 42.7. The van der Waals surface area contributed by atoms with E-state index in [1.165, 1.54) is 0 Å². The van der Waals surface area contributed by atoms with Crippen molar-refractivity contribution < 1.29 is 84.3 Å². The second kappa shape index (κ2) is 31.5. The first kappa shape index (κ1) is 62.0. The number of fused-ring (bicyclic) bond motifs is 2. The number of aliphatic hydroxyl groups excluding tert-OH is 9. The number of esters is 1. The maximum absolute atomic E-state index is 14.0. The number of amides is 1. The third-order valence-corrected chi connectivity index (χ3v) is 13.9. The largest absolute Gasteiger partial charge is 0.462 e. The van der Waals surface area contributed by atoms with Crippen molar-refractivity contribution in [1.82, 2.24) is 10.2 Å². The lowest BCUT2D eigenvalue weighted by Crippen LogP contribution is -2.62. The molecule has 3 saturated heterocycles. The van der Waals surface area contributed by atoms with Crippen LogP contribution in [-0.2, 0) is 33.3 Å². The Hall–Kier alpha value is -3.52. The summed E-state index contributed by atoms with van der Waals surface area (Å²) in [7, 11) is 0. The number of hydrogen-bond acceptors (Lipinski definition) is 19. The third kappa shape index (κ3) is 21.2. The summed E-state index contributed by atoms with van der Waals surface area (Å²) in [5, 5.41) is 113. The van der Waals surface area contributed by atoms with E-state index in [4.69, 9.17) is 29.4 Å². The first-order chi connectivity index (χ1) is 34.7. The van der Waals surface area contributed by atoms with Crippen molar-refractivity contribution in [2.45, 2.75) is 177 Å². The second-order valence-corrected chi connectivity index (χ2v) is 20.0. The molecule has 3 fully saturated rings. The van der Waals surface area contributed by atoms with Crippen molar-refractivity contribution in [2.24, 2.45) is 23.5 Å². The van der Waals surface area contributed by atoms with Crippen molar-refractivity contribution in [2.75, 3.05) is 39.4 Å². The van der Waals surface area contributed by atoms with Gasteiger partial charge >= 0.3 is 5.97 Å². The van der Waals surface area contributed by atoms with Gasteiger partial charge in [0.2, 0.25) is 5.91 Å². The summed E-state index contributed by atoms with van der Waals surface area (Å²) in [6, 6.07) is -1.13. The van der Waals surface area contributed by atoms with Crippen LogP contribution in [0.4, 0.5) is 0 Å². The molecule has 20 nitrogen and oxygen atoms in total. The summed E-state index contributed by atoms with van der Waals surface area (Å²) in [4.78, 5) is 28.8. The normalized spacial score (nSPS) is 43.3. The first-order valence-corrected chi connectivity index (χ1v) is 25.7. The summed E-state index contributed by atoms with van der Waals surface area (Å²) >= 11 is 0. The smallest absolute Gasteiger partial charge is 0.308 e. The molecular weight excluding hydrogens is 951 g/mol. The van der Waals surface area contributed by atoms with Crippen LogP contribution in [0, 0.1) is 17.8 Å². The quantitative estimate of drug-likeness (QED) is 0.157. The lowest BCUT2D eigenvalue weighted by Gasteiger charge is -2.46. The molecule has 414 valence electrons. The number of aliphatic hydroxyl groups is 10. The zero-order chi connectivity index (χ0) is 53.7. The molecule has 13 N–H and O–H groups in total. The number of nitrogens with zero attached hydrogens (tertiary/aromatic N) is 1. The monoisotopic (exact) mass is 1040 g/mol. The lowest BCUT2D eigenvalue weighted by molar-refractivity contribution is -0.307. The molecule has 1 amide bonds. The van der Waals surface area contributed by atoms with Crippen LogP contribution in [-0.4, -0.2) is 205 Å². The van der Waals surface area contributed by atoms with E-state index in [0.717, 1.165) is 0 Å². The fraction of sp³-hybridized carbons (Fsp3) is 0.698. The molecule has 19 atom stereocenters. The van der Waals surface area contributed by atoms with E-state index in [2.05, 4.69) is 10.2 Å². The molecule has 4 heterocycles. The third-order valence-electron chi connectivity index (χ3n) is 13.9. The van der Waals surface area contributed by atoms with Crippen LogP contribution < -0.4 is 11.1 Å². The highest BCUT2D eigenvalue weighted by Gasteiger charge is 2.51. The SMILES string of the molecule is C[C@@H]1[C@H](O)[C@@H](C)\C=C/C=C/C=C/C=C/C=C/C=C/C=C/[C@H](O[C@@H]2O[C@H](C)[C@@H](O)[C@H](N)[C@@H]2O)C[C@@H]2O[C@](O)(C[C@@H](O)C[C@@H](O)[C@H](O)CC[C@@H](O)C[C@@H](O)CC(=O)O[C@H]1C)C[C@H](O)[C@H]2C(=O)NCCN1CCOCC1. The van der Waals surface area contributed by atoms with Crippen LogP contribution >= 0.6 is 0 Å². The van der Waals surface area contributed by atoms with Gasteiger partial charge in [-0.1, -0.05) is 98.9 Å². The highest BCUT2D eigenvalue weighted by atomic mass is 16.7. The lowest BCUT2D eigenvalue weighted by atomic mass is 9.82. The Morgan fingerprint density at radius 3 is 1.95 bits per heavy atom. The molecule has 0 aromatic rings. The van der Waals surface area contributed by atoms with E-state index in [1.54, 1.807) is 63.3 Å². The standard InChI is InChI=1S/C53H85N3O17/c1-33-17-15-13-11-9-7-5-6-8-10-12-14-16-18-40(72-52-50(66)47(54)49(65)36(4)71-52)30-44-46(51(67)55-21-22-56-23-25-69-26-24-56)43(62)32-53(68,73-44)31-39(59)28-42(61)41(60)20-19-37(57)27-38(58)29-45(63)70-35(3)34(2)48(33)64/h5-18,33-44,46-50,52,57-62,64-66,68H,19-32,54H2,1-4H3,(H,55,67)/b6-5+,9-7+,10-8+,13-11+,14-12+,17-15-,18-16+/t33-,34-,35-,36+,37+,38+,39-,40-,41+,42+,43-,44-,46+,47-,48+,49+,50-,52-,53+/m0/s1.